The van der Waals surface area contributed by atoms with E-state index in [4.69, 9.17) is 4.74 Å². The SMILES string of the molecule is C[C@@H](Oc1ccc(Br)cc1)C(=O)N1CCC[C@H]1c1nc(-c2ccccc2)n[nH]1. The highest BCUT2D eigenvalue weighted by Crippen LogP contribution is 2.31. The number of aromatic nitrogens is 3. The van der Waals surface area contributed by atoms with Crippen molar-refractivity contribution in [2.45, 2.75) is 31.9 Å². The molecule has 2 atom stereocenters. The lowest BCUT2D eigenvalue weighted by atomic mass is 10.2. The lowest BCUT2D eigenvalue weighted by molar-refractivity contribution is -0.139. The molecule has 7 heteroatoms. The van der Waals surface area contributed by atoms with Gasteiger partial charge in [0.05, 0.1) is 6.04 Å². The number of rotatable bonds is 5. The molecule has 2 heterocycles. The fraction of sp³-hybridized carbons (Fsp3) is 0.286. The first-order chi connectivity index (χ1) is 13.6. The predicted molar refractivity (Wildman–Crippen MR) is 110 cm³/mol. The van der Waals surface area contributed by atoms with Gasteiger partial charge < -0.3 is 9.64 Å². The van der Waals surface area contributed by atoms with E-state index in [1.54, 1.807) is 6.92 Å². The minimum Gasteiger partial charge on any atom is -0.481 e. The molecule has 1 aromatic heterocycles. The second-order valence-electron chi connectivity index (χ2n) is 6.81. The first-order valence-corrected chi connectivity index (χ1v) is 10.1. The molecule has 1 amide bonds. The normalized spacial score (nSPS) is 17.5. The van der Waals surface area contributed by atoms with Crippen LogP contribution in [0.1, 0.15) is 31.6 Å². The number of halogens is 1. The zero-order valence-electron chi connectivity index (χ0n) is 15.5. The Kier molecular flexibility index (Phi) is 5.43. The Morgan fingerprint density at radius 1 is 1.21 bits per heavy atom. The maximum absolute atomic E-state index is 13.0. The zero-order chi connectivity index (χ0) is 19.5. The van der Waals surface area contributed by atoms with Gasteiger partial charge in [-0.3, -0.25) is 9.89 Å². The number of hydrogen-bond acceptors (Lipinski definition) is 4. The third kappa shape index (κ3) is 3.94. The van der Waals surface area contributed by atoms with Crippen molar-refractivity contribution in [2.75, 3.05) is 6.54 Å². The summed E-state index contributed by atoms with van der Waals surface area (Å²) in [5, 5.41) is 7.36. The summed E-state index contributed by atoms with van der Waals surface area (Å²) in [5.41, 5.74) is 0.952. The average molecular weight is 441 g/mol. The molecule has 1 aliphatic heterocycles. The summed E-state index contributed by atoms with van der Waals surface area (Å²) in [5.74, 6) is 2.00. The molecular weight excluding hydrogens is 420 g/mol. The van der Waals surface area contributed by atoms with Crippen LogP contribution in [0.3, 0.4) is 0 Å². The van der Waals surface area contributed by atoms with Crippen LogP contribution in [0, 0.1) is 0 Å². The van der Waals surface area contributed by atoms with Crippen LogP contribution in [-0.2, 0) is 4.79 Å². The number of carbonyl (C=O) groups is 1. The van der Waals surface area contributed by atoms with E-state index in [2.05, 4.69) is 31.1 Å². The summed E-state index contributed by atoms with van der Waals surface area (Å²) >= 11 is 3.40. The van der Waals surface area contributed by atoms with Gasteiger partial charge in [0.25, 0.3) is 5.91 Å². The summed E-state index contributed by atoms with van der Waals surface area (Å²) in [6, 6.07) is 17.2. The van der Waals surface area contributed by atoms with E-state index in [9.17, 15) is 4.79 Å². The number of H-pyrrole nitrogens is 1. The summed E-state index contributed by atoms with van der Waals surface area (Å²) in [7, 11) is 0. The average Bonchev–Trinajstić information content (AvgIpc) is 3.39. The third-order valence-corrected chi connectivity index (χ3v) is 5.39. The largest absolute Gasteiger partial charge is 0.481 e. The van der Waals surface area contributed by atoms with Gasteiger partial charge in [-0.2, -0.15) is 5.10 Å². The number of amides is 1. The second-order valence-corrected chi connectivity index (χ2v) is 7.73. The van der Waals surface area contributed by atoms with Gasteiger partial charge >= 0.3 is 0 Å². The van der Waals surface area contributed by atoms with Crippen LogP contribution in [0.25, 0.3) is 11.4 Å². The van der Waals surface area contributed by atoms with E-state index in [-0.39, 0.29) is 11.9 Å². The van der Waals surface area contributed by atoms with E-state index in [1.807, 2.05) is 59.5 Å². The molecule has 2 aromatic carbocycles. The minimum absolute atomic E-state index is 0.0388. The molecule has 1 N–H and O–H groups in total. The van der Waals surface area contributed by atoms with Crippen LogP contribution in [0.2, 0.25) is 0 Å². The van der Waals surface area contributed by atoms with E-state index in [0.29, 0.717) is 18.1 Å². The minimum atomic E-state index is -0.571. The Bertz CT molecular complexity index is 943. The van der Waals surface area contributed by atoms with Crippen molar-refractivity contribution >= 4 is 21.8 Å². The van der Waals surface area contributed by atoms with E-state index in [1.165, 1.54) is 0 Å². The molecule has 1 saturated heterocycles. The van der Waals surface area contributed by atoms with Crippen LogP contribution in [-0.4, -0.2) is 38.6 Å². The molecule has 0 spiro atoms. The quantitative estimate of drug-likeness (QED) is 0.639. The molecule has 0 radical (unpaired) electrons. The first-order valence-electron chi connectivity index (χ1n) is 9.32. The molecule has 144 valence electrons. The van der Waals surface area contributed by atoms with Gasteiger partial charge in [0.15, 0.2) is 11.9 Å². The van der Waals surface area contributed by atoms with Crippen molar-refractivity contribution in [1.29, 1.82) is 0 Å². The van der Waals surface area contributed by atoms with Gasteiger partial charge in [0.2, 0.25) is 0 Å². The number of carbonyl (C=O) groups excluding carboxylic acids is 1. The van der Waals surface area contributed by atoms with Gasteiger partial charge in [0.1, 0.15) is 11.6 Å². The molecule has 3 aromatic rings. The lowest BCUT2D eigenvalue weighted by Crippen LogP contribution is -2.40. The molecule has 1 aliphatic rings. The van der Waals surface area contributed by atoms with Crippen molar-refractivity contribution in [2.24, 2.45) is 0 Å². The molecule has 0 unspecified atom stereocenters. The topological polar surface area (TPSA) is 71.1 Å². The van der Waals surface area contributed by atoms with Gasteiger partial charge in [-0.15, -0.1) is 0 Å². The molecule has 6 nitrogen and oxygen atoms in total. The Hall–Kier alpha value is -2.67. The third-order valence-electron chi connectivity index (χ3n) is 4.86. The molecule has 4 rings (SSSR count). The van der Waals surface area contributed by atoms with Crippen molar-refractivity contribution in [3.8, 4) is 17.1 Å². The number of likely N-dealkylation sites (tertiary alicyclic amines) is 1. The van der Waals surface area contributed by atoms with E-state index >= 15 is 0 Å². The highest BCUT2D eigenvalue weighted by atomic mass is 79.9. The number of nitrogens with one attached hydrogen (secondary N) is 1. The molecule has 0 saturated carbocycles. The summed E-state index contributed by atoms with van der Waals surface area (Å²) in [4.78, 5) is 19.5. The Morgan fingerprint density at radius 2 is 1.96 bits per heavy atom. The summed E-state index contributed by atoms with van der Waals surface area (Å²) in [6.45, 7) is 2.48. The molecule has 1 fully saturated rings. The van der Waals surface area contributed by atoms with Gasteiger partial charge in [-0.25, -0.2) is 4.98 Å². The Balaban J connectivity index is 1.48. The van der Waals surface area contributed by atoms with Crippen LogP contribution in [0.4, 0.5) is 0 Å². The van der Waals surface area contributed by atoms with E-state index in [0.717, 1.165) is 28.7 Å². The highest BCUT2D eigenvalue weighted by Gasteiger charge is 2.35. The molecular formula is C21H21BrN4O2. The van der Waals surface area contributed by atoms with Crippen molar-refractivity contribution < 1.29 is 9.53 Å². The highest BCUT2D eigenvalue weighted by molar-refractivity contribution is 9.10. The van der Waals surface area contributed by atoms with Crippen LogP contribution < -0.4 is 4.74 Å². The van der Waals surface area contributed by atoms with Crippen molar-refractivity contribution in [3.05, 3.63) is 64.9 Å². The number of benzene rings is 2. The molecule has 0 bridgehead atoms. The number of ether oxygens (including phenoxy) is 1. The van der Waals surface area contributed by atoms with Crippen LogP contribution in [0.15, 0.2) is 59.1 Å². The first kappa shape index (κ1) is 18.7. The standard InChI is InChI=1S/C21H21BrN4O2/c1-14(28-17-11-9-16(22)10-12-17)21(27)26-13-5-8-18(26)20-23-19(24-25-20)15-6-3-2-4-7-15/h2-4,6-7,9-12,14,18H,5,8,13H2,1H3,(H,23,24,25)/t14-,18+/m1/s1. The van der Waals surface area contributed by atoms with Crippen molar-refractivity contribution in [1.82, 2.24) is 20.1 Å². The molecule has 0 aliphatic carbocycles. The monoisotopic (exact) mass is 440 g/mol. The number of hydrogen-bond donors (Lipinski definition) is 1. The zero-order valence-corrected chi connectivity index (χ0v) is 17.1. The summed E-state index contributed by atoms with van der Waals surface area (Å²) in [6.07, 6.45) is 1.22. The van der Waals surface area contributed by atoms with Crippen molar-refractivity contribution in [3.63, 3.8) is 0 Å². The van der Waals surface area contributed by atoms with Crippen LogP contribution in [0.5, 0.6) is 5.75 Å². The summed E-state index contributed by atoms with van der Waals surface area (Å²) < 4.78 is 6.81. The van der Waals surface area contributed by atoms with Gasteiger partial charge in [-0.1, -0.05) is 46.3 Å². The number of aromatic amines is 1. The van der Waals surface area contributed by atoms with E-state index < -0.39 is 6.10 Å². The lowest BCUT2D eigenvalue weighted by Gasteiger charge is -2.26. The fourth-order valence-corrected chi connectivity index (χ4v) is 3.72. The molecule has 28 heavy (non-hydrogen) atoms. The maximum atomic E-state index is 13.0. The van der Waals surface area contributed by atoms with Crippen LogP contribution >= 0.6 is 15.9 Å². The van der Waals surface area contributed by atoms with Gasteiger partial charge in [-0.05, 0) is 44.0 Å². The Morgan fingerprint density at radius 3 is 2.71 bits per heavy atom. The smallest absolute Gasteiger partial charge is 0.263 e. The van der Waals surface area contributed by atoms with Gasteiger partial charge in [0, 0.05) is 16.6 Å². The Labute approximate surface area is 172 Å². The number of nitrogens with zero attached hydrogens (tertiary/aromatic N) is 3. The predicted octanol–water partition coefficient (Wildman–Crippen LogP) is 4.37. The second kappa shape index (κ2) is 8.14. The fourth-order valence-electron chi connectivity index (χ4n) is 3.46. The maximum Gasteiger partial charge on any atom is 0.263 e.